The fourth-order valence-corrected chi connectivity index (χ4v) is 5.22. The van der Waals surface area contributed by atoms with E-state index in [1.165, 1.54) is 0 Å². The van der Waals surface area contributed by atoms with Gasteiger partial charge in [0.1, 0.15) is 0 Å². The Kier molecular flexibility index (Phi) is 6.92. The third-order valence-corrected chi connectivity index (χ3v) is 6.90. The lowest BCUT2D eigenvalue weighted by Crippen LogP contribution is -2.36. The molecule has 1 aliphatic rings. The molecule has 0 radical (unpaired) electrons. The summed E-state index contributed by atoms with van der Waals surface area (Å²) in [5, 5.41) is 0.556. The number of carbonyl (C=O) groups is 1. The quantitative estimate of drug-likeness (QED) is 0.569. The summed E-state index contributed by atoms with van der Waals surface area (Å²) >= 11 is 6.02. The second kappa shape index (κ2) is 9.10. The summed E-state index contributed by atoms with van der Waals surface area (Å²) in [6.45, 7) is 8.76. The van der Waals surface area contributed by atoms with Gasteiger partial charge in [-0.05, 0) is 36.5 Å². The number of rotatable bonds is 9. The normalized spacial score (nSPS) is 14.5. The van der Waals surface area contributed by atoms with Crippen LogP contribution in [0.5, 0.6) is 0 Å². The second-order valence-electron chi connectivity index (χ2n) is 8.78. The fourth-order valence-electron chi connectivity index (χ4n) is 3.52. The van der Waals surface area contributed by atoms with Crippen LogP contribution in [0.4, 0.5) is 0 Å². The van der Waals surface area contributed by atoms with E-state index in [2.05, 4.69) is 4.98 Å². The second-order valence-corrected chi connectivity index (χ2v) is 11.1. The van der Waals surface area contributed by atoms with Crippen molar-refractivity contribution in [1.29, 1.82) is 0 Å². The number of halogens is 1. The average Bonchev–Trinajstić information content (AvgIpc) is 3.40. The molecule has 3 rings (SSSR count). The number of carbonyl (C=O) groups excluding carboxylic acids is 1. The van der Waals surface area contributed by atoms with Gasteiger partial charge >= 0.3 is 0 Å². The van der Waals surface area contributed by atoms with E-state index in [0.29, 0.717) is 23.7 Å². The first-order valence-electron chi connectivity index (χ1n) is 10.4. The van der Waals surface area contributed by atoms with E-state index < -0.39 is 9.84 Å². The summed E-state index contributed by atoms with van der Waals surface area (Å²) in [6, 6.07) is 7.11. The first-order valence-corrected chi connectivity index (χ1v) is 12.4. The van der Waals surface area contributed by atoms with Crippen molar-refractivity contribution < 1.29 is 13.2 Å². The molecule has 1 saturated carbocycles. The number of sulfone groups is 1. The summed E-state index contributed by atoms with van der Waals surface area (Å²) in [7, 11) is -3.67. The van der Waals surface area contributed by atoms with Crippen LogP contribution in [0.25, 0.3) is 0 Å². The predicted octanol–water partition coefficient (Wildman–Crippen LogP) is 4.31. The molecule has 1 amide bonds. The molecule has 8 heteroatoms. The monoisotopic (exact) mass is 451 g/mol. The van der Waals surface area contributed by atoms with Gasteiger partial charge in [0.15, 0.2) is 0 Å². The maximum Gasteiger partial charge on any atom is 0.228 e. The van der Waals surface area contributed by atoms with Gasteiger partial charge in [0, 0.05) is 23.5 Å². The molecule has 164 valence electrons. The van der Waals surface area contributed by atoms with Gasteiger partial charge in [-0.15, -0.1) is 0 Å². The van der Waals surface area contributed by atoms with Crippen LogP contribution in [0, 0.1) is 11.8 Å². The standard InChI is InChI=1S/C22H30ClN3O3S/c1-15(2)12-26-20(13-25(19-8-9-19)21(27)16(3)4)11-24-22(26)30(28,29)14-17-6-5-7-18(23)10-17/h5-7,10-11,15-16,19H,8-9,12-14H2,1-4H3. The Morgan fingerprint density at radius 1 is 1.27 bits per heavy atom. The summed E-state index contributed by atoms with van der Waals surface area (Å²) < 4.78 is 28.2. The highest BCUT2D eigenvalue weighted by Gasteiger charge is 2.35. The molecule has 1 aromatic heterocycles. The number of hydrogen-bond acceptors (Lipinski definition) is 4. The molecule has 0 atom stereocenters. The van der Waals surface area contributed by atoms with Crippen molar-refractivity contribution in [1.82, 2.24) is 14.5 Å². The smallest absolute Gasteiger partial charge is 0.228 e. The SMILES string of the molecule is CC(C)Cn1c(CN(C(=O)C(C)C)C2CC2)cnc1S(=O)(=O)Cc1cccc(Cl)c1. The van der Waals surface area contributed by atoms with Gasteiger partial charge in [-0.3, -0.25) is 4.79 Å². The molecule has 0 N–H and O–H groups in total. The third kappa shape index (κ3) is 5.43. The Labute approximate surface area is 184 Å². The Morgan fingerprint density at radius 3 is 2.53 bits per heavy atom. The first kappa shape index (κ1) is 22.8. The molecule has 1 fully saturated rings. The van der Waals surface area contributed by atoms with Crippen LogP contribution in [0.1, 0.15) is 51.8 Å². The van der Waals surface area contributed by atoms with E-state index in [1.807, 2.05) is 32.6 Å². The van der Waals surface area contributed by atoms with Crippen LogP contribution in [0.3, 0.4) is 0 Å². The summed E-state index contributed by atoms with van der Waals surface area (Å²) in [5.74, 6) is 0.0591. The van der Waals surface area contributed by atoms with Crippen molar-refractivity contribution in [2.45, 2.75) is 70.6 Å². The predicted molar refractivity (Wildman–Crippen MR) is 118 cm³/mol. The number of aromatic nitrogens is 2. The highest BCUT2D eigenvalue weighted by Crippen LogP contribution is 2.30. The van der Waals surface area contributed by atoms with E-state index in [0.717, 1.165) is 18.5 Å². The highest BCUT2D eigenvalue weighted by atomic mass is 35.5. The van der Waals surface area contributed by atoms with Crippen LogP contribution < -0.4 is 0 Å². The molecule has 0 saturated heterocycles. The zero-order valence-corrected chi connectivity index (χ0v) is 19.6. The summed E-state index contributed by atoms with van der Waals surface area (Å²) in [6.07, 6.45) is 3.60. The van der Waals surface area contributed by atoms with Gasteiger partial charge in [0.25, 0.3) is 0 Å². The molecule has 1 aliphatic carbocycles. The third-order valence-electron chi connectivity index (χ3n) is 5.07. The van der Waals surface area contributed by atoms with Crippen LogP contribution >= 0.6 is 11.6 Å². The number of amides is 1. The van der Waals surface area contributed by atoms with Crippen LogP contribution in [-0.4, -0.2) is 34.8 Å². The fraction of sp³-hybridized carbons (Fsp3) is 0.545. The number of nitrogens with zero attached hydrogens (tertiary/aromatic N) is 3. The maximum atomic E-state index is 13.2. The zero-order chi connectivity index (χ0) is 22.1. The molecular weight excluding hydrogens is 422 g/mol. The first-order chi connectivity index (χ1) is 14.1. The van der Waals surface area contributed by atoms with Gasteiger partial charge in [0.05, 0.1) is 24.2 Å². The Balaban J connectivity index is 1.93. The topological polar surface area (TPSA) is 72.3 Å². The molecule has 30 heavy (non-hydrogen) atoms. The lowest BCUT2D eigenvalue weighted by Gasteiger charge is -2.25. The van der Waals surface area contributed by atoms with Gasteiger partial charge in [-0.2, -0.15) is 0 Å². The minimum absolute atomic E-state index is 0.0546. The summed E-state index contributed by atoms with van der Waals surface area (Å²) in [4.78, 5) is 18.9. The lowest BCUT2D eigenvalue weighted by atomic mass is 10.1. The molecular formula is C22H30ClN3O3S. The maximum absolute atomic E-state index is 13.2. The molecule has 1 aromatic carbocycles. The number of hydrogen-bond donors (Lipinski definition) is 0. The van der Waals surface area contributed by atoms with E-state index in [9.17, 15) is 13.2 Å². The van der Waals surface area contributed by atoms with Gasteiger partial charge in [-0.25, -0.2) is 13.4 Å². The Morgan fingerprint density at radius 2 is 1.97 bits per heavy atom. The highest BCUT2D eigenvalue weighted by molar-refractivity contribution is 7.90. The minimum atomic E-state index is -3.67. The number of imidazole rings is 1. The van der Waals surface area contributed by atoms with E-state index in [4.69, 9.17) is 11.6 Å². The van der Waals surface area contributed by atoms with Crippen molar-refractivity contribution >= 4 is 27.3 Å². The van der Waals surface area contributed by atoms with Crippen LogP contribution in [0.2, 0.25) is 5.02 Å². The molecule has 1 heterocycles. The van der Waals surface area contributed by atoms with Crippen molar-refractivity contribution in [3.8, 4) is 0 Å². The van der Waals surface area contributed by atoms with Gasteiger partial charge < -0.3 is 9.47 Å². The van der Waals surface area contributed by atoms with Crippen molar-refractivity contribution in [3.63, 3.8) is 0 Å². The largest absolute Gasteiger partial charge is 0.334 e. The van der Waals surface area contributed by atoms with Crippen molar-refractivity contribution in [2.75, 3.05) is 0 Å². The van der Waals surface area contributed by atoms with Crippen LogP contribution in [-0.2, 0) is 33.5 Å². The van der Waals surface area contributed by atoms with Gasteiger partial charge in [-0.1, -0.05) is 51.4 Å². The molecule has 6 nitrogen and oxygen atoms in total. The Hall–Kier alpha value is -1.86. The lowest BCUT2D eigenvalue weighted by molar-refractivity contribution is -0.135. The summed E-state index contributed by atoms with van der Waals surface area (Å²) in [5.41, 5.74) is 1.38. The van der Waals surface area contributed by atoms with Crippen molar-refractivity contribution in [3.05, 3.63) is 46.7 Å². The molecule has 0 aliphatic heterocycles. The zero-order valence-electron chi connectivity index (χ0n) is 18.0. The van der Waals surface area contributed by atoms with E-state index in [-0.39, 0.29) is 34.7 Å². The molecule has 0 unspecified atom stereocenters. The molecule has 2 aromatic rings. The van der Waals surface area contributed by atoms with Crippen LogP contribution in [0.15, 0.2) is 35.6 Å². The van der Waals surface area contributed by atoms with E-state index >= 15 is 0 Å². The van der Waals surface area contributed by atoms with Crippen molar-refractivity contribution in [2.24, 2.45) is 11.8 Å². The van der Waals surface area contributed by atoms with Gasteiger partial charge in [0.2, 0.25) is 20.9 Å². The Bertz CT molecular complexity index is 1010. The minimum Gasteiger partial charge on any atom is -0.334 e. The number of benzene rings is 1. The van der Waals surface area contributed by atoms with E-state index in [1.54, 1.807) is 35.0 Å². The average molecular weight is 452 g/mol. The molecule has 0 spiro atoms. The molecule has 0 bridgehead atoms.